The lowest BCUT2D eigenvalue weighted by Crippen LogP contribution is -2.47. The zero-order valence-electron chi connectivity index (χ0n) is 16.3. The Hall–Kier alpha value is -1.24. The number of hydrogen-bond donors (Lipinski definition) is 2. The summed E-state index contributed by atoms with van der Waals surface area (Å²) in [5.74, 6) is 0.595. The van der Waals surface area contributed by atoms with Crippen LogP contribution in [0, 0.1) is 5.41 Å². The SMILES string of the molecule is COCC1(C(=O)Nc2cccc(CS(=O)C3CCCCC3)c2)CCNCC1. The van der Waals surface area contributed by atoms with E-state index in [2.05, 4.69) is 10.6 Å². The minimum absolute atomic E-state index is 0.0244. The van der Waals surface area contributed by atoms with E-state index in [1.807, 2.05) is 24.3 Å². The van der Waals surface area contributed by atoms with E-state index < -0.39 is 16.2 Å². The molecular formula is C21H32N2O3S. The van der Waals surface area contributed by atoms with Gasteiger partial charge in [-0.1, -0.05) is 31.4 Å². The van der Waals surface area contributed by atoms with Crippen molar-refractivity contribution >= 4 is 22.4 Å². The van der Waals surface area contributed by atoms with Gasteiger partial charge in [-0.05, 0) is 56.5 Å². The average Bonchev–Trinajstić information content (AvgIpc) is 2.70. The number of piperidine rings is 1. The molecule has 1 atom stereocenters. The molecule has 2 aliphatic rings. The van der Waals surface area contributed by atoms with E-state index in [-0.39, 0.29) is 5.91 Å². The second-order valence-electron chi connectivity index (χ2n) is 7.90. The van der Waals surface area contributed by atoms with E-state index in [1.54, 1.807) is 7.11 Å². The Bertz CT molecular complexity index is 647. The lowest BCUT2D eigenvalue weighted by atomic mass is 9.78. The smallest absolute Gasteiger partial charge is 0.233 e. The largest absolute Gasteiger partial charge is 0.384 e. The molecule has 0 radical (unpaired) electrons. The summed E-state index contributed by atoms with van der Waals surface area (Å²) < 4.78 is 18.0. The van der Waals surface area contributed by atoms with Crippen molar-refractivity contribution in [2.24, 2.45) is 5.41 Å². The molecular weight excluding hydrogens is 360 g/mol. The van der Waals surface area contributed by atoms with Crippen LogP contribution < -0.4 is 10.6 Å². The average molecular weight is 393 g/mol. The zero-order valence-corrected chi connectivity index (χ0v) is 17.1. The maximum Gasteiger partial charge on any atom is 0.233 e. The topological polar surface area (TPSA) is 67.4 Å². The molecule has 27 heavy (non-hydrogen) atoms. The number of carbonyl (C=O) groups excluding carboxylic acids is 1. The molecule has 0 spiro atoms. The first-order valence-electron chi connectivity index (χ1n) is 10.1. The molecule has 150 valence electrons. The first-order valence-corrected chi connectivity index (χ1v) is 11.5. The first kappa shape index (κ1) is 20.5. The molecule has 1 aliphatic carbocycles. The van der Waals surface area contributed by atoms with Crippen LogP contribution in [-0.4, -0.2) is 42.2 Å². The van der Waals surface area contributed by atoms with Crippen molar-refractivity contribution in [2.75, 3.05) is 32.1 Å². The third-order valence-corrected chi connectivity index (χ3v) is 7.71. The molecule has 6 heteroatoms. The number of methoxy groups -OCH3 is 1. The molecule has 1 unspecified atom stereocenters. The molecule has 2 fully saturated rings. The fourth-order valence-corrected chi connectivity index (χ4v) is 5.83. The molecule has 1 aromatic rings. The zero-order chi connectivity index (χ0) is 19.1. The van der Waals surface area contributed by atoms with Crippen molar-refractivity contribution in [3.8, 4) is 0 Å². The van der Waals surface area contributed by atoms with Gasteiger partial charge in [0.2, 0.25) is 5.91 Å². The molecule has 1 heterocycles. The summed E-state index contributed by atoms with van der Waals surface area (Å²) in [5, 5.41) is 6.72. The summed E-state index contributed by atoms with van der Waals surface area (Å²) in [6.07, 6.45) is 7.38. The minimum Gasteiger partial charge on any atom is -0.384 e. The number of amides is 1. The Balaban J connectivity index is 1.64. The van der Waals surface area contributed by atoms with Crippen molar-refractivity contribution in [2.45, 2.75) is 55.9 Å². The van der Waals surface area contributed by atoms with E-state index in [4.69, 9.17) is 4.74 Å². The summed E-state index contributed by atoms with van der Waals surface area (Å²) in [4.78, 5) is 13.0. The van der Waals surface area contributed by atoms with Crippen LogP contribution in [0.2, 0.25) is 0 Å². The predicted octanol–water partition coefficient (Wildman–Crippen LogP) is 3.22. The monoisotopic (exact) mass is 392 g/mol. The van der Waals surface area contributed by atoms with E-state index in [0.29, 0.717) is 17.6 Å². The third kappa shape index (κ3) is 5.39. The van der Waals surface area contributed by atoms with Gasteiger partial charge < -0.3 is 15.4 Å². The Kier molecular flexibility index (Phi) is 7.44. The molecule has 0 bridgehead atoms. The Morgan fingerprint density at radius 3 is 2.70 bits per heavy atom. The fraction of sp³-hybridized carbons (Fsp3) is 0.667. The van der Waals surface area contributed by atoms with Crippen LogP contribution in [0.5, 0.6) is 0 Å². The van der Waals surface area contributed by atoms with Crippen LogP contribution in [0.3, 0.4) is 0 Å². The number of rotatable bonds is 7. The fourth-order valence-electron chi connectivity index (χ4n) is 4.23. The molecule has 1 saturated heterocycles. The second-order valence-corrected chi connectivity index (χ2v) is 9.62. The van der Waals surface area contributed by atoms with Crippen molar-refractivity contribution in [1.29, 1.82) is 0 Å². The van der Waals surface area contributed by atoms with E-state index >= 15 is 0 Å². The van der Waals surface area contributed by atoms with Gasteiger partial charge in [0.05, 0.1) is 12.0 Å². The maximum atomic E-state index is 13.0. The third-order valence-electron chi connectivity index (χ3n) is 5.88. The molecule has 1 aliphatic heterocycles. The summed E-state index contributed by atoms with van der Waals surface area (Å²) in [6.45, 7) is 2.10. The number of carbonyl (C=O) groups is 1. The number of nitrogens with one attached hydrogen (secondary N) is 2. The molecule has 2 N–H and O–H groups in total. The summed E-state index contributed by atoms with van der Waals surface area (Å²) in [5.41, 5.74) is 1.34. The van der Waals surface area contributed by atoms with Crippen molar-refractivity contribution in [3.63, 3.8) is 0 Å². The minimum atomic E-state index is -0.835. The van der Waals surface area contributed by atoms with Gasteiger partial charge in [-0.25, -0.2) is 0 Å². The van der Waals surface area contributed by atoms with Gasteiger partial charge in [-0.2, -0.15) is 0 Å². The maximum absolute atomic E-state index is 13.0. The van der Waals surface area contributed by atoms with E-state index in [0.717, 1.165) is 50.0 Å². The van der Waals surface area contributed by atoms with Gasteiger partial charge >= 0.3 is 0 Å². The molecule has 1 aromatic carbocycles. The molecule has 3 rings (SSSR count). The normalized spacial score (nSPS) is 21.5. The van der Waals surface area contributed by atoms with Gasteiger partial charge in [0.25, 0.3) is 0 Å². The Morgan fingerprint density at radius 2 is 2.00 bits per heavy atom. The molecule has 5 nitrogen and oxygen atoms in total. The van der Waals surface area contributed by atoms with Gasteiger partial charge in [0.15, 0.2) is 0 Å². The quantitative estimate of drug-likeness (QED) is 0.748. The van der Waals surface area contributed by atoms with Gasteiger partial charge in [-0.15, -0.1) is 0 Å². The van der Waals surface area contributed by atoms with Crippen LogP contribution in [0.25, 0.3) is 0 Å². The highest BCUT2D eigenvalue weighted by Gasteiger charge is 2.39. The summed E-state index contributed by atoms with van der Waals surface area (Å²) in [7, 11) is 0.816. The van der Waals surface area contributed by atoms with Crippen molar-refractivity contribution in [3.05, 3.63) is 29.8 Å². The van der Waals surface area contributed by atoms with E-state index in [9.17, 15) is 9.00 Å². The Morgan fingerprint density at radius 1 is 1.26 bits per heavy atom. The second kappa shape index (κ2) is 9.80. The van der Waals surface area contributed by atoms with Crippen LogP contribution in [0.1, 0.15) is 50.5 Å². The molecule has 1 amide bonds. The number of anilines is 1. The lowest BCUT2D eigenvalue weighted by molar-refractivity contribution is -0.130. The van der Waals surface area contributed by atoms with Gasteiger partial charge in [0.1, 0.15) is 0 Å². The van der Waals surface area contributed by atoms with Crippen LogP contribution in [0.4, 0.5) is 5.69 Å². The Labute approximate surface area is 165 Å². The number of benzene rings is 1. The highest BCUT2D eigenvalue weighted by atomic mass is 32.2. The number of ether oxygens (including phenoxy) is 1. The molecule has 0 aromatic heterocycles. The van der Waals surface area contributed by atoms with Crippen LogP contribution >= 0.6 is 0 Å². The standard InChI is InChI=1S/C21H32N2O3S/c1-26-16-21(10-12-22-13-11-21)20(24)23-18-7-5-6-17(14-18)15-27(25)19-8-3-2-4-9-19/h5-7,14,19,22H,2-4,8-13,15-16H2,1H3,(H,23,24). The highest BCUT2D eigenvalue weighted by Crippen LogP contribution is 2.31. The first-order chi connectivity index (χ1) is 13.1. The number of hydrogen-bond acceptors (Lipinski definition) is 4. The lowest BCUT2D eigenvalue weighted by Gasteiger charge is -2.35. The van der Waals surface area contributed by atoms with Gasteiger partial charge in [0, 0.05) is 34.6 Å². The van der Waals surface area contributed by atoms with Crippen LogP contribution in [-0.2, 0) is 26.1 Å². The van der Waals surface area contributed by atoms with E-state index in [1.165, 1.54) is 19.3 Å². The summed E-state index contributed by atoms with van der Waals surface area (Å²) in [6, 6.07) is 7.83. The van der Waals surface area contributed by atoms with Crippen molar-refractivity contribution < 1.29 is 13.7 Å². The van der Waals surface area contributed by atoms with Gasteiger partial charge in [-0.3, -0.25) is 9.00 Å². The predicted molar refractivity (Wildman–Crippen MR) is 110 cm³/mol. The summed E-state index contributed by atoms with van der Waals surface area (Å²) >= 11 is 0. The highest BCUT2D eigenvalue weighted by molar-refractivity contribution is 7.84. The van der Waals surface area contributed by atoms with Crippen molar-refractivity contribution in [1.82, 2.24) is 5.32 Å². The molecule has 1 saturated carbocycles. The van der Waals surface area contributed by atoms with Crippen LogP contribution in [0.15, 0.2) is 24.3 Å².